The highest BCUT2D eigenvalue weighted by Gasteiger charge is 2.33. The van der Waals surface area contributed by atoms with Crippen molar-refractivity contribution in [3.8, 4) is 0 Å². The van der Waals surface area contributed by atoms with Gasteiger partial charge in [0, 0.05) is 20.2 Å². The zero-order valence-electron chi connectivity index (χ0n) is 11.1. The molecule has 0 radical (unpaired) electrons. The van der Waals surface area contributed by atoms with Crippen LogP contribution in [0.25, 0.3) is 0 Å². The number of hydrogen-bond acceptors (Lipinski definition) is 2. The van der Waals surface area contributed by atoms with Crippen molar-refractivity contribution in [2.24, 2.45) is 0 Å². The van der Waals surface area contributed by atoms with Crippen LogP contribution in [0, 0.1) is 5.82 Å². The van der Waals surface area contributed by atoms with Crippen LogP contribution >= 0.6 is 0 Å². The highest BCUT2D eigenvalue weighted by Crippen LogP contribution is 2.32. The van der Waals surface area contributed by atoms with Crippen molar-refractivity contribution >= 4 is 0 Å². The first-order chi connectivity index (χ1) is 8.65. The zero-order valence-corrected chi connectivity index (χ0v) is 11.1. The fourth-order valence-corrected chi connectivity index (χ4v) is 1.54. The Kier molecular flexibility index (Phi) is 4.92. The Morgan fingerprint density at radius 2 is 1.84 bits per heavy atom. The third-order valence-electron chi connectivity index (χ3n) is 2.80. The zero-order chi connectivity index (χ0) is 14.7. The van der Waals surface area contributed by atoms with Gasteiger partial charge in [-0.1, -0.05) is 6.07 Å². The van der Waals surface area contributed by atoms with E-state index in [1.165, 1.54) is 7.11 Å². The summed E-state index contributed by atoms with van der Waals surface area (Å²) in [6, 6.07) is 2.68. The predicted molar refractivity (Wildman–Crippen MR) is 64.2 cm³/mol. The maximum Gasteiger partial charge on any atom is 0.416 e. The summed E-state index contributed by atoms with van der Waals surface area (Å²) in [7, 11) is 1.53. The Morgan fingerprint density at radius 3 is 2.37 bits per heavy atom. The summed E-state index contributed by atoms with van der Waals surface area (Å²) in [5.41, 5.74) is -1.41. The molecule has 0 heterocycles. The maximum atomic E-state index is 12.9. The SMILES string of the molecule is COC(C)(C)CNCc1ccc(F)cc1C(F)(F)F. The molecule has 19 heavy (non-hydrogen) atoms. The minimum atomic E-state index is -4.56. The number of hydrogen-bond donors (Lipinski definition) is 1. The third kappa shape index (κ3) is 4.80. The molecule has 6 heteroatoms. The van der Waals surface area contributed by atoms with Gasteiger partial charge in [-0.3, -0.25) is 0 Å². The summed E-state index contributed by atoms with van der Waals surface area (Å²) >= 11 is 0. The molecule has 0 saturated carbocycles. The fourth-order valence-electron chi connectivity index (χ4n) is 1.54. The predicted octanol–water partition coefficient (Wildman–Crippen LogP) is 3.36. The number of nitrogens with one attached hydrogen (secondary N) is 1. The second-order valence-electron chi connectivity index (χ2n) is 4.87. The number of rotatable bonds is 5. The number of ether oxygens (including phenoxy) is 1. The van der Waals surface area contributed by atoms with Gasteiger partial charge in [-0.05, 0) is 31.5 Å². The van der Waals surface area contributed by atoms with E-state index in [-0.39, 0.29) is 12.1 Å². The van der Waals surface area contributed by atoms with Gasteiger partial charge in [-0.25, -0.2) is 4.39 Å². The van der Waals surface area contributed by atoms with Gasteiger partial charge in [0.05, 0.1) is 11.2 Å². The van der Waals surface area contributed by atoms with Gasteiger partial charge < -0.3 is 10.1 Å². The van der Waals surface area contributed by atoms with Crippen LogP contribution in [0.4, 0.5) is 17.6 Å². The lowest BCUT2D eigenvalue weighted by Crippen LogP contribution is -2.36. The van der Waals surface area contributed by atoms with E-state index in [2.05, 4.69) is 5.32 Å². The first kappa shape index (κ1) is 15.9. The van der Waals surface area contributed by atoms with Gasteiger partial charge in [-0.2, -0.15) is 13.2 Å². The Morgan fingerprint density at radius 1 is 1.21 bits per heavy atom. The molecule has 0 aliphatic carbocycles. The minimum absolute atomic E-state index is 0.00190. The van der Waals surface area contributed by atoms with E-state index < -0.39 is 23.2 Å². The van der Waals surface area contributed by atoms with Gasteiger partial charge in [0.2, 0.25) is 0 Å². The second kappa shape index (κ2) is 5.88. The highest BCUT2D eigenvalue weighted by atomic mass is 19.4. The molecule has 2 nitrogen and oxygen atoms in total. The van der Waals surface area contributed by atoms with Crippen LogP contribution < -0.4 is 5.32 Å². The fraction of sp³-hybridized carbons (Fsp3) is 0.538. The molecule has 0 saturated heterocycles. The van der Waals surface area contributed by atoms with Crippen molar-refractivity contribution in [3.63, 3.8) is 0 Å². The summed E-state index contributed by atoms with van der Waals surface area (Å²) in [5, 5.41) is 2.88. The van der Waals surface area contributed by atoms with E-state index in [0.717, 1.165) is 12.1 Å². The van der Waals surface area contributed by atoms with Crippen LogP contribution in [0.1, 0.15) is 25.0 Å². The number of alkyl halides is 3. The first-order valence-electron chi connectivity index (χ1n) is 5.77. The molecular formula is C13H17F4NO. The van der Waals surface area contributed by atoms with E-state index in [1.54, 1.807) is 0 Å². The van der Waals surface area contributed by atoms with Gasteiger partial charge in [-0.15, -0.1) is 0 Å². The van der Waals surface area contributed by atoms with Crippen molar-refractivity contribution < 1.29 is 22.3 Å². The van der Waals surface area contributed by atoms with Crippen LogP contribution in [0.15, 0.2) is 18.2 Å². The van der Waals surface area contributed by atoms with Crippen molar-refractivity contribution in [2.75, 3.05) is 13.7 Å². The summed E-state index contributed by atoms with van der Waals surface area (Å²) < 4.78 is 56.3. The summed E-state index contributed by atoms with van der Waals surface area (Å²) in [6.07, 6.45) is -4.56. The van der Waals surface area contributed by atoms with Crippen LogP contribution in [0.5, 0.6) is 0 Å². The van der Waals surface area contributed by atoms with Crippen molar-refractivity contribution in [1.29, 1.82) is 0 Å². The van der Waals surface area contributed by atoms with E-state index >= 15 is 0 Å². The first-order valence-corrected chi connectivity index (χ1v) is 5.77. The standard InChI is InChI=1S/C13H17F4NO/c1-12(2,19-3)8-18-7-9-4-5-10(14)6-11(9)13(15,16)17/h4-6,18H,7-8H2,1-3H3. The molecular weight excluding hydrogens is 262 g/mol. The topological polar surface area (TPSA) is 21.3 Å². The summed E-state index contributed by atoms with van der Waals surface area (Å²) in [6.45, 7) is 4.02. The van der Waals surface area contributed by atoms with Crippen LogP contribution in [-0.2, 0) is 17.5 Å². The molecule has 0 unspecified atom stereocenters. The van der Waals surface area contributed by atoms with Gasteiger partial charge >= 0.3 is 6.18 Å². The molecule has 0 fully saturated rings. The highest BCUT2D eigenvalue weighted by molar-refractivity contribution is 5.30. The number of benzene rings is 1. The average molecular weight is 279 g/mol. The lowest BCUT2D eigenvalue weighted by Gasteiger charge is -2.23. The van der Waals surface area contributed by atoms with Gasteiger partial charge in [0.1, 0.15) is 5.82 Å². The third-order valence-corrected chi connectivity index (χ3v) is 2.80. The molecule has 1 aromatic rings. The van der Waals surface area contributed by atoms with E-state index in [0.29, 0.717) is 12.6 Å². The molecule has 0 aliphatic heterocycles. The molecule has 0 aromatic heterocycles. The van der Waals surface area contributed by atoms with E-state index in [4.69, 9.17) is 4.74 Å². The molecule has 0 atom stereocenters. The lowest BCUT2D eigenvalue weighted by molar-refractivity contribution is -0.138. The smallest absolute Gasteiger partial charge is 0.377 e. The van der Waals surface area contributed by atoms with Crippen molar-refractivity contribution in [1.82, 2.24) is 5.32 Å². The molecule has 0 aliphatic rings. The van der Waals surface area contributed by atoms with Crippen LogP contribution in [0.3, 0.4) is 0 Å². The Labute approximate surface area is 109 Å². The number of methoxy groups -OCH3 is 1. The van der Waals surface area contributed by atoms with Gasteiger partial charge in [0.25, 0.3) is 0 Å². The van der Waals surface area contributed by atoms with Crippen molar-refractivity contribution in [2.45, 2.75) is 32.2 Å². The summed E-state index contributed by atoms with van der Waals surface area (Å²) in [5.74, 6) is -0.895. The summed E-state index contributed by atoms with van der Waals surface area (Å²) in [4.78, 5) is 0. The monoisotopic (exact) mass is 279 g/mol. The lowest BCUT2D eigenvalue weighted by atomic mass is 10.1. The molecule has 108 valence electrons. The van der Waals surface area contributed by atoms with Crippen LogP contribution in [-0.4, -0.2) is 19.3 Å². The average Bonchev–Trinajstić information content (AvgIpc) is 2.29. The molecule has 1 N–H and O–H groups in total. The quantitative estimate of drug-likeness (QED) is 0.834. The molecule has 0 spiro atoms. The van der Waals surface area contributed by atoms with Crippen LogP contribution in [0.2, 0.25) is 0 Å². The van der Waals surface area contributed by atoms with E-state index in [9.17, 15) is 17.6 Å². The number of halogens is 4. The van der Waals surface area contributed by atoms with Crippen molar-refractivity contribution in [3.05, 3.63) is 35.1 Å². The molecule has 1 aromatic carbocycles. The molecule has 0 bridgehead atoms. The van der Waals surface area contributed by atoms with Gasteiger partial charge in [0.15, 0.2) is 0 Å². The normalized spacial score (nSPS) is 12.8. The largest absolute Gasteiger partial charge is 0.416 e. The maximum absolute atomic E-state index is 12.9. The minimum Gasteiger partial charge on any atom is -0.377 e. The molecule has 1 rings (SSSR count). The second-order valence-corrected chi connectivity index (χ2v) is 4.87. The Balaban J connectivity index is 2.79. The Bertz CT molecular complexity index is 429. The van der Waals surface area contributed by atoms with E-state index in [1.807, 2.05) is 13.8 Å². The Hall–Kier alpha value is -1.14. The molecule has 0 amide bonds.